The molecule has 0 saturated carbocycles. The summed E-state index contributed by atoms with van der Waals surface area (Å²) in [4.78, 5) is 26.4. The molecule has 1 atom stereocenters. The number of nitrogens with one attached hydrogen (secondary N) is 2. The van der Waals surface area contributed by atoms with Crippen LogP contribution in [0.2, 0.25) is 0 Å². The number of carbonyl (C=O) groups excluding carboxylic acids is 1. The quantitative estimate of drug-likeness (QED) is 0.489. The number of anilines is 2. The van der Waals surface area contributed by atoms with Gasteiger partial charge in [-0.2, -0.15) is 4.98 Å². The molecular weight excluding hydrogens is 418 g/mol. The Morgan fingerprint density at radius 3 is 2.45 bits per heavy atom. The second-order valence-electron chi connectivity index (χ2n) is 7.44. The molecule has 0 saturated heterocycles. The smallest absolute Gasteiger partial charge is 0.255 e. The Balaban J connectivity index is 1.59. The fraction of sp³-hybridized carbons (Fsp3) is 0.125. The van der Waals surface area contributed by atoms with E-state index in [1.165, 1.54) is 0 Å². The van der Waals surface area contributed by atoms with Crippen LogP contribution in [-0.4, -0.2) is 37.7 Å². The largest absolute Gasteiger partial charge is 0.495 e. The van der Waals surface area contributed by atoms with E-state index in [1.807, 2.05) is 43.3 Å². The lowest BCUT2D eigenvalue weighted by Gasteiger charge is -2.28. The van der Waals surface area contributed by atoms with Gasteiger partial charge in [0.1, 0.15) is 11.8 Å². The molecule has 33 heavy (non-hydrogen) atoms. The summed E-state index contributed by atoms with van der Waals surface area (Å²) < 4.78 is 7.12. The van der Waals surface area contributed by atoms with E-state index in [4.69, 9.17) is 9.84 Å². The Morgan fingerprint density at radius 1 is 1.03 bits per heavy atom. The number of para-hydroxylation sites is 2. The van der Waals surface area contributed by atoms with E-state index in [1.54, 1.807) is 48.7 Å². The van der Waals surface area contributed by atoms with Crippen molar-refractivity contribution in [1.29, 1.82) is 0 Å². The maximum absolute atomic E-state index is 13.6. The highest BCUT2D eigenvalue weighted by Gasteiger charge is 2.34. The third-order valence-corrected chi connectivity index (χ3v) is 5.41. The van der Waals surface area contributed by atoms with E-state index >= 15 is 0 Å². The number of nitrogens with zero attached hydrogens (tertiary/aromatic N) is 5. The van der Waals surface area contributed by atoms with Crippen LogP contribution in [0.5, 0.6) is 5.75 Å². The van der Waals surface area contributed by atoms with Gasteiger partial charge in [-0.15, -0.1) is 5.10 Å². The first kappa shape index (κ1) is 20.4. The lowest BCUT2D eigenvalue weighted by atomic mass is 9.96. The maximum Gasteiger partial charge on any atom is 0.255 e. The number of benzene rings is 1. The lowest BCUT2D eigenvalue weighted by Crippen LogP contribution is -2.31. The van der Waals surface area contributed by atoms with Crippen molar-refractivity contribution in [2.24, 2.45) is 0 Å². The third-order valence-electron chi connectivity index (χ3n) is 5.41. The molecule has 9 heteroatoms. The summed E-state index contributed by atoms with van der Waals surface area (Å²) in [5.41, 5.74) is 3.49. The minimum Gasteiger partial charge on any atom is -0.495 e. The van der Waals surface area contributed by atoms with Crippen molar-refractivity contribution in [3.8, 4) is 17.1 Å². The van der Waals surface area contributed by atoms with E-state index < -0.39 is 6.04 Å². The molecule has 1 aromatic carbocycles. The average Bonchev–Trinajstić information content (AvgIpc) is 3.28. The molecule has 0 bridgehead atoms. The number of aromatic nitrogens is 5. The standard InChI is InChI=1S/C24H21N7O2/c1-15-20(23(32)28-18-5-3-4-6-19(18)33-2)21(16-7-11-25-12-8-16)31-24(27-15)29-22(30-31)17-9-13-26-14-10-17/h3-14,21H,1-2H3,(H,28,32)(H,27,29,30). The Kier molecular flexibility index (Phi) is 5.27. The molecule has 5 rings (SSSR count). The summed E-state index contributed by atoms with van der Waals surface area (Å²) in [6.07, 6.45) is 6.78. The zero-order chi connectivity index (χ0) is 22.8. The van der Waals surface area contributed by atoms with Crippen molar-refractivity contribution >= 4 is 17.5 Å². The zero-order valence-corrected chi connectivity index (χ0v) is 18.1. The van der Waals surface area contributed by atoms with E-state index in [2.05, 4.69) is 25.6 Å². The number of hydrogen-bond acceptors (Lipinski definition) is 7. The van der Waals surface area contributed by atoms with Crippen LogP contribution in [0.15, 0.2) is 84.6 Å². The molecule has 4 heterocycles. The van der Waals surface area contributed by atoms with Gasteiger partial charge in [-0.3, -0.25) is 14.8 Å². The van der Waals surface area contributed by atoms with Gasteiger partial charge >= 0.3 is 0 Å². The highest BCUT2D eigenvalue weighted by molar-refractivity contribution is 6.06. The summed E-state index contributed by atoms with van der Waals surface area (Å²) in [5.74, 6) is 1.40. The summed E-state index contributed by atoms with van der Waals surface area (Å²) in [6, 6.07) is 14.2. The summed E-state index contributed by atoms with van der Waals surface area (Å²) in [7, 11) is 1.57. The average molecular weight is 439 g/mol. The first-order chi connectivity index (χ1) is 16.2. The van der Waals surface area contributed by atoms with Gasteiger partial charge in [-0.25, -0.2) is 4.68 Å². The van der Waals surface area contributed by atoms with Crippen molar-refractivity contribution in [2.75, 3.05) is 17.7 Å². The molecule has 0 fully saturated rings. The number of amides is 1. The SMILES string of the molecule is COc1ccccc1NC(=O)C1=C(C)Nc2nc(-c3ccncc3)nn2C1c1ccncc1. The Hall–Kier alpha value is -4.53. The molecule has 1 amide bonds. The molecular formula is C24H21N7O2. The topological polar surface area (TPSA) is 107 Å². The van der Waals surface area contributed by atoms with E-state index in [0.717, 1.165) is 11.1 Å². The minimum absolute atomic E-state index is 0.266. The number of methoxy groups -OCH3 is 1. The summed E-state index contributed by atoms with van der Waals surface area (Å²) >= 11 is 0. The first-order valence-electron chi connectivity index (χ1n) is 10.3. The van der Waals surface area contributed by atoms with Gasteiger partial charge in [-0.1, -0.05) is 12.1 Å². The molecule has 4 aromatic rings. The Morgan fingerprint density at radius 2 is 1.73 bits per heavy atom. The minimum atomic E-state index is -0.498. The van der Waals surface area contributed by atoms with Crippen LogP contribution >= 0.6 is 0 Å². The molecule has 3 aromatic heterocycles. The van der Waals surface area contributed by atoms with Gasteiger partial charge in [0.25, 0.3) is 5.91 Å². The predicted molar refractivity (Wildman–Crippen MR) is 124 cm³/mol. The van der Waals surface area contributed by atoms with Crippen molar-refractivity contribution < 1.29 is 9.53 Å². The zero-order valence-electron chi connectivity index (χ0n) is 18.1. The maximum atomic E-state index is 13.6. The second-order valence-corrected chi connectivity index (χ2v) is 7.44. The third kappa shape index (κ3) is 3.80. The molecule has 2 N–H and O–H groups in total. The molecule has 9 nitrogen and oxygen atoms in total. The number of ether oxygens (including phenoxy) is 1. The van der Waals surface area contributed by atoms with E-state index in [9.17, 15) is 4.79 Å². The van der Waals surface area contributed by atoms with Gasteiger partial charge in [0.15, 0.2) is 5.82 Å². The molecule has 164 valence electrons. The molecule has 0 radical (unpaired) electrons. The van der Waals surface area contributed by atoms with Gasteiger partial charge < -0.3 is 15.4 Å². The van der Waals surface area contributed by atoms with Crippen LogP contribution in [0.3, 0.4) is 0 Å². The number of fused-ring (bicyclic) bond motifs is 1. The lowest BCUT2D eigenvalue weighted by molar-refractivity contribution is -0.113. The number of allylic oxidation sites excluding steroid dienone is 1. The molecule has 1 aliphatic rings. The van der Waals surface area contributed by atoms with Crippen LogP contribution < -0.4 is 15.4 Å². The van der Waals surface area contributed by atoms with Crippen LogP contribution in [0.4, 0.5) is 11.6 Å². The van der Waals surface area contributed by atoms with Gasteiger partial charge in [0.05, 0.1) is 18.4 Å². The second kappa shape index (κ2) is 8.54. The fourth-order valence-corrected chi connectivity index (χ4v) is 3.86. The van der Waals surface area contributed by atoms with Crippen LogP contribution in [0.25, 0.3) is 11.4 Å². The van der Waals surface area contributed by atoms with E-state index in [0.29, 0.717) is 34.5 Å². The normalized spacial score (nSPS) is 14.9. The summed E-state index contributed by atoms with van der Waals surface area (Å²) in [5, 5.41) is 11.0. The Bertz CT molecular complexity index is 1330. The Labute approximate surface area is 190 Å². The number of hydrogen-bond donors (Lipinski definition) is 2. The van der Waals surface area contributed by atoms with Crippen LogP contribution in [0, 0.1) is 0 Å². The fourth-order valence-electron chi connectivity index (χ4n) is 3.86. The van der Waals surface area contributed by atoms with E-state index in [-0.39, 0.29) is 5.91 Å². The van der Waals surface area contributed by atoms with Gasteiger partial charge in [0.2, 0.25) is 5.95 Å². The molecule has 0 spiro atoms. The van der Waals surface area contributed by atoms with Gasteiger partial charge in [-0.05, 0) is 48.9 Å². The summed E-state index contributed by atoms with van der Waals surface area (Å²) in [6.45, 7) is 1.86. The van der Waals surface area contributed by atoms with Gasteiger partial charge in [0, 0.05) is 36.0 Å². The first-order valence-corrected chi connectivity index (χ1v) is 10.3. The van der Waals surface area contributed by atoms with Crippen molar-refractivity contribution in [3.63, 3.8) is 0 Å². The number of rotatable bonds is 5. The monoisotopic (exact) mass is 439 g/mol. The highest BCUT2D eigenvalue weighted by Crippen LogP contribution is 2.37. The van der Waals surface area contributed by atoms with Crippen molar-refractivity contribution in [2.45, 2.75) is 13.0 Å². The van der Waals surface area contributed by atoms with Crippen molar-refractivity contribution in [1.82, 2.24) is 24.7 Å². The molecule has 1 unspecified atom stereocenters. The number of pyridine rings is 2. The molecule has 1 aliphatic heterocycles. The van der Waals surface area contributed by atoms with Crippen molar-refractivity contribution in [3.05, 3.63) is 90.2 Å². The highest BCUT2D eigenvalue weighted by atomic mass is 16.5. The molecule has 0 aliphatic carbocycles. The predicted octanol–water partition coefficient (Wildman–Crippen LogP) is 3.67. The van der Waals surface area contributed by atoms with Crippen LogP contribution in [-0.2, 0) is 4.79 Å². The van der Waals surface area contributed by atoms with Crippen LogP contribution in [0.1, 0.15) is 18.5 Å². The number of carbonyl (C=O) groups is 1.